The Balaban J connectivity index is 1.29. The predicted molar refractivity (Wildman–Crippen MR) is 245 cm³/mol. The molecule has 4 N–H and O–H groups in total. The lowest BCUT2D eigenvalue weighted by atomic mass is 9.98. The zero-order valence-electron chi connectivity index (χ0n) is 36.4. The van der Waals surface area contributed by atoms with E-state index in [1.165, 1.54) is 35.1 Å². The number of aromatic amines is 2. The molecule has 4 aromatic rings. The monoisotopic (exact) mass is 860 g/mol. The first-order chi connectivity index (χ1) is 29.3. The van der Waals surface area contributed by atoms with Crippen molar-refractivity contribution in [2.75, 3.05) is 25.7 Å². The number of thioether (sulfide) groups is 2. The highest BCUT2D eigenvalue weighted by molar-refractivity contribution is 7.99. The molecule has 2 amide bonds. The minimum absolute atomic E-state index is 0.0841. The fourth-order valence-electron chi connectivity index (χ4n) is 7.78. The molecule has 0 unspecified atom stereocenters. The van der Waals surface area contributed by atoms with Gasteiger partial charge in [-0.25, -0.2) is 0 Å². The van der Waals surface area contributed by atoms with Crippen LogP contribution in [0.15, 0.2) is 92.0 Å². The van der Waals surface area contributed by atoms with Crippen LogP contribution < -0.4 is 10.6 Å². The summed E-state index contributed by atoms with van der Waals surface area (Å²) in [5.74, 6) is 0.783. The van der Waals surface area contributed by atoms with E-state index >= 15 is 0 Å². The van der Waals surface area contributed by atoms with Crippen LogP contribution in [0.2, 0.25) is 0 Å². The van der Waals surface area contributed by atoms with Gasteiger partial charge >= 0.3 is 11.9 Å². The molecule has 0 fully saturated rings. The number of ether oxygens (including phenoxy) is 2. The summed E-state index contributed by atoms with van der Waals surface area (Å²) in [6, 6.07) is 16.8. The number of nitrogens with one attached hydrogen (secondary N) is 4. The number of aromatic nitrogens is 2. The van der Waals surface area contributed by atoms with Gasteiger partial charge in [-0.2, -0.15) is 0 Å². The van der Waals surface area contributed by atoms with Gasteiger partial charge in [0.2, 0.25) is 0 Å². The summed E-state index contributed by atoms with van der Waals surface area (Å²) in [7, 11) is 2.78. The molecule has 6 rings (SSSR count). The van der Waals surface area contributed by atoms with Crippen LogP contribution in [0.4, 0.5) is 0 Å². The number of H-pyrrole nitrogens is 2. The van der Waals surface area contributed by atoms with Gasteiger partial charge < -0.3 is 30.1 Å². The van der Waals surface area contributed by atoms with Gasteiger partial charge in [0.15, 0.2) is 0 Å². The maximum atomic E-state index is 13.2. The highest BCUT2D eigenvalue weighted by Crippen LogP contribution is 2.33. The van der Waals surface area contributed by atoms with E-state index in [9.17, 15) is 19.2 Å². The van der Waals surface area contributed by atoms with E-state index in [0.29, 0.717) is 32.1 Å². The zero-order chi connectivity index (χ0) is 43.8. The normalized spacial score (nSPS) is 15.3. The second-order valence-corrected chi connectivity index (χ2v) is 18.0. The number of allylic oxidation sites excluding steroid dienone is 2. The molecule has 10 nitrogen and oxygen atoms in total. The summed E-state index contributed by atoms with van der Waals surface area (Å²) in [5, 5.41) is 6.19. The van der Waals surface area contributed by atoms with E-state index in [1.807, 2.05) is 39.8 Å². The fourth-order valence-corrected chi connectivity index (χ4v) is 9.52. The Labute approximate surface area is 367 Å². The Hall–Kier alpha value is -5.46. The van der Waals surface area contributed by atoms with E-state index in [2.05, 4.69) is 83.0 Å². The van der Waals surface area contributed by atoms with E-state index in [1.54, 1.807) is 23.5 Å². The van der Waals surface area contributed by atoms with E-state index in [0.717, 1.165) is 90.2 Å². The number of carbonyl (C=O) groups is 4. The maximum Gasteiger partial charge on any atom is 0.305 e. The van der Waals surface area contributed by atoms with Crippen LogP contribution in [0, 0.1) is 27.7 Å². The van der Waals surface area contributed by atoms with Gasteiger partial charge in [0, 0.05) is 85.9 Å². The van der Waals surface area contributed by atoms with Crippen molar-refractivity contribution in [2.24, 2.45) is 0 Å². The van der Waals surface area contributed by atoms with Crippen molar-refractivity contribution in [3.63, 3.8) is 0 Å². The first-order valence-corrected chi connectivity index (χ1v) is 22.6. The molecule has 2 aliphatic heterocycles. The van der Waals surface area contributed by atoms with Crippen LogP contribution >= 0.6 is 23.5 Å². The van der Waals surface area contributed by atoms with Crippen molar-refractivity contribution in [1.29, 1.82) is 0 Å². The number of benzene rings is 2. The number of rotatable bonds is 18. The predicted octanol–water partition coefficient (Wildman–Crippen LogP) is 9.32. The Kier molecular flexibility index (Phi) is 15.1. The van der Waals surface area contributed by atoms with Crippen LogP contribution in [0.1, 0.15) is 95.7 Å². The minimum atomic E-state index is -0.306. The third-order valence-corrected chi connectivity index (χ3v) is 13.6. The zero-order valence-corrected chi connectivity index (χ0v) is 38.0. The van der Waals surface area contributed by atoms with Crippen molar-refractivity contribution in [3.8, 4) is 0 Å². The van der Waals surface area contributed by atoms with Crippen LogP contribution in [-0.2, 0) is 47.9 Å². The van der Waals surface area contributed by atoms with Crippen LogP contribution in [0.5, 0.6) is 0 Å². The molecule has 0 spiro atoms. The molecule has 0 radical (unpaired) electrons. The standard InChI is InChI=1S/C49H56N4O6S2/c1-28-9-13-34(14-10-28)60-23-21-38-32(5)42(52-48(38)56)25-40-30(3)36(17-19-46(54)58-7)44(50-40)27-45-37(18-20-47(55)59-8)31(4)41(51-45)26-43-33(6)39(49(57)53-43)22-24-61-35-15-11-29(2)12-16-35/h9-16,25-26,50-51H,17-24,27H2,1-8H3,(H,52,56)(H,53,57)/b42-25-,43-26-. The van der Waals surface area contributed by atoms with Gasteiger partial charge in [-0.05, 0) is 137 Å². The van der Waals surface area contributed by atoms with Crippen molar-refractivity contribution >= 4 is 59.4 Å². The highest BCUT2D eigenvalue weighted by atomic mass is 32.2. The maximum absolute atomic E-state index is 13.2. The number of hydrogen-bond acceptors (Lipinski definition) is 8. The molecule has 2 aromatic carbocycles. The van der Waals surface area contributed by atoms with Crippen molar-refractivity contribution in [1.82, 2.24) is 20.6 Å². The second-order valence-electron chi connectivity index (χ2n) is 15.6. The number of aryl methyl sites for hydroxylation is 2. The average molecular weight is 861 g/mol. The molecule has 0 atom stereocenters. The Bertz CT molecular complexity index is 2280. The van der Waals surface area contributed by atoms with Gasteiger partial charge in [-0.3, -0.25) is 19.2 Å². The summed E-state index contributed by atoms with van der Waals surface area (Å²) in [4.78, 5) is 60.9. The average Bonchev–Trinajstić information content (AvgIpc) is 3.89. The molecule has 0 bridgehead atoms. The van der Waals surface area contributed by atoms with Crippen LogP contribution in [0.25, 0.3) is 12.2 Å². The lowest BCUT2D eigenvalue weighted by Crippen LogP contribution is -2.16. The molecule has 4 heterocycles. The molecular weight excluding hydrogens is 805 g/mol. The summed E-state index contributed by atoms with van der Waals surface area (Å²) in [6.45, 7) is 12.1. The van der Waals surface area contributed by atoms with Gasteiger partial charge in [-0.1, -0.05) is 35.4 Å². The molecule has 320 valence electrons. The summed E-state index contributed by atoms with van der Waals surface area (Å²) >= 11 is 3.47. The van der Waals surface area contributed by atoms with E-state index < -0.39 is 0 Å². The third kappa shape index (κ3) is 11.1. The molecule has 2 aromatic heterocycles. The Morgan fingerprint density at radius 3 is 1.31 bits per heavy atom. The quantitative estimate of drug-likeness (QED) is 0.0573. The first-order valence-electron chi connectivity index (χ1n) is 20.7. The minimum Gasteiger partial charge on any atom is -0.469 e. The SMILES string of the molecule is COC(=O)CCc1c(Cc2[nH]c(/C=C3\NC(=O)C(CCSc4ccc(C)cc4)=C3C)c(C)c2CCC(=O)OC)[nH]c(/C=C2\NC(=O)C(CCSc3ccc(C)cc3)=C2C)c1C. The smallest absolute Gasteiger partial charge is 0.305 e. The lowest BCUT2D eigenvalue weighted by molar-refractivity contribution is -0.141. The molecule has 61 heavy (non-hydrogen) atoms. The van der Waals surface area contributed by atoms with Gasteiger partial charge in [-0.15, -0.1) is 23.5 Å². The topological polar surface area (TPSA) is 142 Å². The van der Waals surface area contributed by atoms with Crippen molar-refractivity contribution in [2.45, 2.75) is 96.3 Å². The number of methoxy groups -OCH3 is 2. The van der Waals surface area contributed by atoms with Gasteiger partial charge in [0.05, 0.1) is 14.2 Å². The summed E-state index contributed by atoms with van der Waals surface area (Å²) in [6.07, 6.45) is 6.99. The lowest BCUT2D eigenvalue weighted by Gasteiger charge is -2.08. The highest BCUT2D eigenvalue weighted by Gasteiger charge is 2.27. The molecule has 12 heteroatoms. The Morgan fingerprint density at radius 1 is 0.574 bits per heavy atom. The number of amides is 2. The molecule has 0 saturated carbocycles. The van der Waals surface area contributed by atoms with Crippen LogP contribution in [0.3, 0.4) is 0 Å². The molecule has 0 saturated heterocycles. The Morgan fingerprint density at radius 2 is 0.951 bits per heavy atom. The van der Waals surface area contributed by atoms with Crippen molar-refractivity contribution < 1.29 is 28.7 Å². The fraction of sp³-hybridized carbons (Fsp3) is 0.347. The van der Waals surface area contributed by atoms with E-state index in [4.69, 9.17) is 9.47 Å². The van der Waals surface area contributed by atoms with Crippen LogP contribution in [-0.4, -0.2) is 59.4 Å². The summed E-state index contributed by atoms with van der Waals surface area (Å²) < 4.78 is 10.0. The first kappa shape index (κ1) is 45.1. The van der Waals surface area contributed by atoms with Gasteiger partial charge in [0.25, 0.3) is 11.8 Å². The molecule has 0 aliphatic carbocycles. The molecule has 2 aliphatic rings. The van der Waals surface area contributed by atoms with Gasteiger partial charge in [0.1, 0.15) is 0 Å². The second kappa shape index (κ2) is 20.4. The van der Waals surface area contributed by atoms with Crippen molar-refractivity contribution in [3.05, 3.63) is 138 Å². The third-order valence-electron chi connectivity index (χ3n) is 11.6. The number of hydrogen-bond donors (Lipinski definition) is 4. The largest absolute Gasteiger partial charge is 0.469 e. The molecular formula is C49H56N4O6S2. The summed E-state index contributed by atoms with van der Waals surface area (Å²) in [5.41, 5.74) is 14.7. The number of esters is 2. The van der Waals surface area contributed by atoms with E-state index in [-0.39, 0.29) is 36.6 Å². The number of carbonyl (C=O) groups excluding carboxylic acids is 4.